The molecule has 1 amide bonds. The summed E-state index contributed by atoms with van der Waals surface area (Å²) in [6.45, 7) is 2.01. The van der Waals surface area contributed by atoms with E-state index in [0.29, 0.717) is 24.5 Å². The first-order valence-electron chi connectivity index (χ1n) is 7.88. The molecule has 1 aromatic carbocycles. The Balaban J connectivity index is 1.62. The van der Waals surface area contributed by atoms with Crippen LogP contribution in [-0.4, -0.2) is 30.7 Å². The van der Waals surface area contributed by atoms with Crippen molar-refractivity contribution in [3.63, 3.8) is 0 Å². The Bertz CT molecular complexity index is 810. The lowest BCUT2D eigenvalue weighted by molar-refractivity contribution is -0.126. The van der Waals surface area contributed by atoms with Gasteiger partial charge in [-0.2, -0.15) is 0 Å². The van der Waals surface area contributed by atoms with Gasteiger partial charge in [-0.25, -0.2) is 4.79 Å². The maximum Gasteiger partial charge on any atom is 0.339 e. The molecule has 7 heteroatoms. The molecular formula is C18H19NO6. The highest BCUT2D eigenvalue weighted by atomic mass is 16.5. The molecule has 1 atom stereocenters. The van der Waals surface area contributed by atoms with Gasteiger partial charge in [0.2, 0.25) is 5.91 Å². The van der Waals surface area contributed by atoms with Crippen molar-refractivity contribution >= 4 is 11.9 Å². The van der Waals surface area contributed by atoms with Crippen molar-refractivity contribution in [1.29, 1.82) is 0 Å². The van der Waals surface area contributed by atoms with Crippen molar-refractivity contribution in [2.75, 3.05) is 13.7 Å². The molecule has 0 spiro atoms. The third-order valence-corrected chi connectivity index (χ3v) is 4.18. The largest absolute Gasteiger partial charge is 0.497 e. The number of carboxylic acids is 1. The lowest BCUT2D eigenvalue weighted by Crippen LogP contribution is -2.37. The summed E-state index contributed by atoms with van der Waals surface area (Å²) in [7, 11) is 1.59. The lowest BCUT2D eigenvalue weighted by Gasteiger charge is -2.24. The number of furan rings is 1. The van der Waals surface area contributed by atoms with Crippen molar-refractivity contribution in [3.8, 4) is 11.5 Å². The summed E-state index contributed by atoms with van der Waals surface area (Å²) < 4.78 is 16.2. The Kier molecular flexibility index (Phi) is 4.65. The van der Waals surface area contributed by atoms with Crippen LogP contribution in [0.5, 0.6) is 11.5 Å². The molecule has 25 heavy (non-hydrogen) atoms. The van der Waals surface area contributed by atoms with Crippen LogP contribution in [0.3, 0.4) is 0 Å². The van der Waals surface area contributed by atoms with Gasteiger partial charge in [-0.05, 0) is 43.2 Å². The quantitative estimate of drug-likeness (QED) is 0.862. The molecule has 0 radical (unpaired) electrons. The number of aromatic carboxylic acids is 1. The Morgan fingerprint density at radius 1 is 1.36 bits per heavy atom. The SMILES string of the molecule is COc1ccc2c(c1)CC(C(=O)NCc1cc(C(=O)O)c(C)o1)CO2. The fourth-order valence-electron chi connectivity index (χ4n) is 2.83. The number of benzene rings is 1. The second kappa shape index (κ2) is 6.88. The van der Waals surface area contributed by atoms with Gasteiger partial charge in [-0.3, -0.25) is 4.79 Å². The average Bonchev–Trinajstić information content (AvgIpc) is 2.99. The molecule has 1 aliphatic heterocycles. The molecule has 3 rings (SSSR count). The number of rotatable bonds is 5. The van der Waals surface area contributed by atoms with E-state index in [2.05, 4.69) is 5.32 Å². The number of hydrogen-bond acceptors (Lipinski definition) is 5. The van der Waals surface area contributed by atoms with Gasteiger partial charge in [0, 0.05) is 0 Å². The van der Waals surface area contributed by atoms with Gasteiger partial charge in [0.1, 0.15) is 35.2 Å². The second-order valence-corrected chi connectivity index (χ2v) is 5.89. The van der Waals surface area contributed by atoms with E-state index < -0.39 is 5.97 Å². The number of methoxy groups -OCH3 is 1. The van der Waals surface area contributed by atoms with Gasteiger partial charge in [0.25, 0.3) is 0 Å². The molecule has 1 aromatic heterocycles. The number of carboxylic acid groups (broad SMARTS) is 1. The predicted molar refractivity (Wildman–Crippen MR) is 87.9 cm³/mol. The van der Waals surface area contributed by atoms with E-state index in [4.69, 9.17) is 19.0 Å². The zero-order valence-electron chi connectivity index (χ0n) is 14.0. The average molecular weight is 345 g/mol. The molecule has 132 valence electrons. The minimum atomic E-state index is -1.05. The molecule has 2 aromatic rings. The number of carbonyl (C=O) groups is 2. The maximum absolute atomic E-state index is 12.4. The topological polar surface area (TPSA) is 98.0 Å². The number of amides is 1. The molecule has 0 saturated heterocycles. The van der Waals surface area contributed by atoms with E-state index in [-0.39, 0.29) is 23.9 Å². The predicted octanol–water partition coefficient (Wildman–Crippen LogP) is 2.16. The highest BCUT2D eigenvalue weighted by Gasteiger charge is 2.26. The molecule has 1 unspecified atom stereocenters. The van der Waals surface area contributed by atoms with Crippen molar-refractivity contribution in [2.24, 2.45) is 5.92 Å². The van der Waals surface area contributed by atoms with Crippen LogP contribution < -0.4 is 14.8 Å². The summed E-state index contributed by atoms with van der Waals surface area (Å²) in [6, 6.07) is 6.94. The van der Waals surface area contributed by atoms with Crippen LogP contribution in [0.25, 0.3) is 0 Å². The summed E-state index contributed by atoms with van der Waals surface area (Å²) in [6.07, 6.45) is 0.552. The van der Waals surface area contributed by atoms with Crippen molar-refractivity contribution in [3.05, 3.63) is 46.9 Å². The van der Waals surface area contributed by atoms with E-state index in [0.717, 1.165) is 17.1 Å². The van der Waals surface area contributed by atoms with Crippen molar-refractivity contribution in [2.45, 2.75) is 19.9 Å². The third-order valence-electron chi connectivity index (χ3n) is 4.18. The highest BCUT2D eigenvalue weighted by Crippen LogP contribution is 2.30. The standard InChI is InChI=1S/C18H19NO6/c1-10-15(18(21)22)7-14(25-10)8-19-17(20)12-5-11-6-13(23-2)3-4-16(11)24-9-12/h3-4,6-7,12H,5,8-9H2,1-2H3,(H,19,20)(H,21,22). The van der Waals surface area contributed by atoms with Gasteiger partial charge in [-0.1, -0.05) is 0 Å². The zero-order chi connectivity index (χ0) is 18.0. The minimum Gasteiger partial charge on any atom is -0.497 e. The summed E-state index contributed by atoms with van der Waals surface area (Å²) >= 11 is 0. The van der Waals surface area contributed by atoms with Gasteiger partial charge < -0.3 is 24.3 Å². The Morgan fingerprint density at radius 2 is 2.16 bits per heavy atom. The first-order chi connectivity index (χ1) is 12.0. The van der Waals surface area contributed by atoms with E-state index in [1.807, 2.05) is 18.2 Å². The van der Waals surface area contributed by atoms with Crippen LogP contribution in [0, 0.1) is 12.8 Å². The van der Waals surface area contributed by atoms with E-state index in [1.54, 1.807) is 14.0 Å². The van der Waals surface area contributed by atoms with Crippen LogP contribution in [-0.2, 0) is 17.8 Å². The summed E-state index contributed by atoms with van der Waals surface area (Å²) in [5.41, 5.74) is 1.03. The maximum atomic E-state index is 12.4. The van der Waals surface area contributed by atoms with Gasteiger partial charge >= 0.3 is 5.97 Å². The summed E-state index contributed by atoms with van der Waals surface area (Å²) in [4.78, 5) is 23.4. The fraction of sp³-hybridized carbons (Fsp3) is 0.333. The second-order valence-electron chi connectivity index (χ2n) is 5.89. The number of nitrogens with one attached hydrogen (secondary N) is 1. The molecule has 0 aliphatic carbocycles. The van der Waals surface area contributed by atoms with Gasteiger partial charge in [0.15, 0.2) is 0 Å². The van der Waals surface area contributed by atoms with E-state index in [9.17, 15) is 9.59 Å². The molecule has 0 fully saturated rings. The molecule has 0 bridgehead atoms. The van der Waals surface area contributed by atoms with E-state index in [1.165, 1.54) is 6.07 Å². The number of hydrogen-bond donors (Lipinski definition) is 2. The molecule has 7 nitrogen and oxygen atoms in total. The van der Waals surface area contributed by atoms with Gasteiger partial charge in [0.05, 0.1) is 19.6 Å². The molecule has 2 heterocycles. The van der Waals surface area contributed by atoms with E-state index >= 15 is 0 Å². The molecular weight excluding hydrogens is 326 g/mol. The molecule has 1 aliphatic rings. The molecule has 0 saturated carbocycles. The minimum absolute atomic E-state index is 0.103. The van der Waals surface area contributed by atoms with Gasteiger partial charge in [-0.15, -0.1) is 0 Å². The lowest BCUT2D eigenvalue weighted by atomic mass is 9.96. The zero-order valence-corrected chi connectivity index (χ0v) is 14.0. The van der Waals surface area contributed by atoms with Crippen LogP contribution >= 0.6 is 0 Å². The third kappa shape index (κ3) is 3.60. The molecule has 2 N–H and O–H groups in total. The summed E-state index contributed by atoms with van der Waals surface area (Å²) in [5, 5.41) is 11.8. The number of fused-ring (bicyclic) bond motifs is 1. The number of aryl methyl sites for hydroxylation is 1. The van der Waals surface area contributed by atoms with Crippen molar-refractivity contribution in [1.82, 2.24) is 5.32 Å². The monoisotopic (exact) mass is 345 g/mol. The van der Waals surface area contributed by atoms with Crippen LogP contribution in [0.2, 0.25) is 0 Å². The smallest absolute Gasteiger partial charge is 0.339 e. The van der Waals surface area contributed by atoms with Crippen LogP contribution in [0.1, 0.15) is 27.4 Å². The Morgan fingerprint density at radius 3 is 2.84 bits per heavy atom. The fourth-order valence-corrected chi connectivity index (χ4v) is 2.83. The van der Waals surface area contributed by atoms with Crippen molar-refractivity contribution < 1.29 is 28.6 Å². The number of carbonyl (C=O) groups excluding carboxylic acids is 1. The highest BCUT2D eigenvalue weighted by molar-refractivity contribution is 5.88. The van der Waals surface area contributed by atoms with Crippen LogP contribution in [0.4, 0.5) is 0 Å². The normalized spacial score (nSPS) is 15.8. The Hall–Kier alpha value is -2.96. The number of ether oxygens (including phenoxy) is 2. The van der Waals surface area contributed by atoms with Crippen LogP contribution in [0.15, 0.2) is 28.7 Å². The first kappa shape index (κ1) is 16.9. The Labute approximate surface area is 144 Å². The summed E-state index contributed by atoms with van der Waals surface area (Å²) in [5.74, 6) is 0.660. The first-order valence-corrected chi connectivity index (χ1v) is 7.88.